The summed E-state index contributed by atoms with van der Waals surface area (Å²) in [6.07, 6.45) is 0. The van der Waals surface area contributed by atoms with Crippen molar-refractivity contribution in [1.29, 1.82) is 0 Å². The van der Waals surface area contributed by atoms with Gasteiger partial charge in [0.05, 0.1) is 12.1 Å². The second-order valence-corrected chi connectivity index (χ2v) is 7.42. The average Bonchev–Trinajstić information content (AvgIpc) is 2.74. The third-order valence-electron chi connectivity index (χ3n) is 4.79. The Morgan fingerprint density at radius 3 is 2.26 bits per heavy atom. The number of ether oxygens (including phenoxy) is 1. The van der Waals surface area contributed by atoms with Crippen LogP contribution in [0.25, 0.3) is 0 Å². The van der Waals surface area contributed by atoms with Gasteiger partial charge in [0.15, 0.2) is 0 Å². The first-order chi connectivity index (χ1) is 14.8. The molecule has 2 N–H and O–H groups in total. The smallest absolute Gasteiger partial charge is 0.255 e. The van der Waals surface area contributed by atoms with E-state index in [9.17, 15) is 14.0 Å². The van der Waals surface area contributed by atoms with Gasteiger partial charge in [-0.3, -0.25) is 9.59 Å². The van der Waals surface area contributed by atoms with E-state index in [1.54, 1.807) is 36.4 Å². The maximum atomic E-state index is 13.0. The standard InChI is InChI=1S/C25H25FN2O3/c1-16-12-17(2)24(18(3)13-16)28-23(29)14-27-25(30)21-6-4-5-7-22(21)31-15-19-8-10-20(26)11-9-19/h4-13H,14-15H2,1-3H3,(H,27,30)(H,28,29). The normalized spacial score (nSPS) is 10.5. The van der Waals surface area contributed by atoms with E-state index in [2.05, 4.69) is 10.6 Å². The summed E-state index contributed by atoms with van der Waals surface area (Å²) in [7, 11) is 0. The molecule has 0 aliphatic heterocycles. The highest BCUT2D eigenvalue weighted by molar-refractivity contribution is 6.01. The van der Waals surface area contributed by atoms with Crippen LogP contribution < -0.4 is 15.4 Å². The van der Waals surface area contributed by atoms with Crippen molar-refractivity contribution in [2.24, 2.45) is 0 Å². The van der Waals surface area contributed by atoms with Crippen molar-refractivity contribution in [2.75, 3.05) is 11.9 Å². The number of hydrogen-bond acceptors (Lipinski definition) is 3. The van der Waals surface area contributed by atoms with Gasteiger partial charge in [-0.2, -0.15) is 0 Å². The molecule has 0 spiro atoms. The summed E-state index contributed by atoms with van der Waals surface area (Å²) in [6, 6.07) is 16.7. The van der Waals surface area contributed by atoms with Gasteiger partial charge in [0.1, 0.15) is 18.2 Å². The molecule has 0 aliphatic rings. The number of anilines is 1. The SMILES string of the molecule is Cc1cc(C)c(NC(=O)CNC(=O)c2ccccc2OCc2ccc(F)cc2)c(C)c1. The monoisotopic (exact) mass is 420 g/mol. The molecule has 0 bridgehead atoms. The van der Waals surface area contributed by atoms with Gasteiger partial charge in [0, 0.05) is 5.69 Å². The molecule has 0 fully saturated rings. The van der Waals surface area contributed by atoms with Crippen LogP contribution in [-0.2, 0) is 11.4 Å². The van der Waals surface area contributed by atoms with Crippen LogP contribution in [-0.4, -0.2) is 18.4 Å². The maximum absolute atomic E-state index is 13.0. The largest absolute Gasteiger partial charge is 0.488 e. The van der Waals surface area contributed by atoms with Gasteiger partial charge in [-0.25, -0.2) is 4.39 Å². The molecule has 0 saturated heterocycles. The Morgan fingerprint density at radius 1 is 0.935 bits per heavy atom. The fourth-order valence-corrected chi connectivity index (χ4v) is 3.34. The van der Waals surface area contributed by atoms with Gasteiger partial charge < -0.3 is 15.4 Å². The molecule has 0 heterocycles. The number of carbonyl (C=O) groups is 2. The van der Waals surface area contributed by atoms with E-state index < -0.39 is 5.91 Å². The van der Waals surface area contributed by atoms with E-state index in [1.165, 1.54) is 12.1 Å². The van der Waals surface area contributed by atoms with Crippen LogP contribution in [0.1, 0.15) is 32.6 Å². The Kier molecular flexibility index (Phi) is 7.03. The minimum atomic E-state index is -0.415. The summed E-state index contributed by atoms with van der Waals surface area (Å²) < 4.78 is 18.8. The predicted molar refractivity (Wildman–Crippen MR) is 119 cm³/mol. The highest BCUT2D eigenvalue weighted by Gasteiger charge is 2.14. The first kappa shape index (κ1) is 22.0. The van der Waals surface area contributed by atoms with E-state index in [4.69, 9.17) is 4.74 Å². The maximum Gasteiger partial charge on any atom is 0.255 e. The van der Waals surface area contributed by atoms with Gasteiger partial charge in [-0.1, -0.05) is 42.0 Å². The summed E-state index contributed by atoms with van der Waals surface area (Å²) in [5, 5.41) is 5.50. The summed E-state index contributed by atoms with van der Waals surface area (Å²) in [5.74, 6) is -0.664. The lowest BCUT2D eigenvalue weighted by atomic mass is 10.1. The second-order valence-electron chi connectivity index (χ2n) is 7.42. The third kappa shape index (κ3) is 5.92. The van der Waals surface area contributed by atoms with Crippen molar-refractivity contribution in [2.45, 2.75) is 27.4 Å². The minimum Gasteiger partial charge on any atom is -0.488 e. The summed E-state index contributed by atoms with van der Waals surface area (Å²) in [5.41, 5.74) is 4.92. The Balaban J connectivity index is 1.60. The topological polar surface area (TPSA) is 67.4 Å². The van der Waals surface area contributed by atoms with Crippen LogP contribution in [0.4, 0.5) is 10.1 Å². The van der Waals surface area contributed by atoms with E-state index in [0.717, 1.165) is 27.9 Å². The fraction of sp³-hybridized carbons (Fsp3) is 0.200. The number of aryl methyl sites for hydroxylation is 3. The molecule has 3 rings (SSSR count). The van der Waals surface area contributed by atoms with Crippen LogP contribution in [0.3, 0.4) is 0 Å². The molecule has 0 atom stereocenters. The number of amides is 2. The minimum absolute atomic E-state index is 0.169. The molecule has 0 radical (unpaired) electrons. The number of carbonyl (C=O) groups excluding carboxylic acids is 2. The van der Waals surface area contributed by atoms with Crippen LogP contribution in [0, 0.1) is 26.6 Å². The number of benzene rings is 3. The second kappa shape index (κ2) is 9.89. The third-order valence-corrected chi connectivity index (χ3v) is 4.79. The number of nitrogens with one attached hydrogen (secondary N) is 2. The molecule has 3 aromatic carbocycles. The quantitative estimate of drug-likeness (QED) is 0.582. The molecule has 0 saturated carbocycles. The fourth-order valence-electron chi connectivity index (χ4n) is 3.34. The van der Waals surface area contributed by atoms with Crippen molar-refractivity contribution in [3.05, 3.63) is 94.3 Å². The number of hydrogen-bond donors (Lipinski definition) is 2. The summed E-state index contributed by atoms with van der Waals surface area (Å²) in [4.78, 5) is 25.0. The van der Waals surface area contributed by atoms with Crippen molar-refractivity contribution < 1.29 is 18.7 Å². The van der Waals surface area contributed by atoms with Gasteiger partial charge in [0.25, 0.3) is 5.91 Å². The Morgan fingerprint density at radius 2 is 1.58 bits per heavy atom. The molecular weight excluding hydrogens is 395 g/mol. The van der Waals surface area contributed by atoms with Gasteiger partial charge in [-0.05, 0) is 61.7 Å². The molecule has 3 aromatic rings. The van der Waals surface area contributed by atoms with Crippen LogP contribution in [0.15, 0.2) is 60.7 Å². The lowest BCUT2D eigenvalue weighted by Crippen LogP contribution is -2.33. The van der Waals surface area contributed by atoms with E-state index in [1.807, 2.05) is 32.9 Å². The zero-order valence-electron chi connectivity index (χ0n) is 17.8. The molecule has 6 heteroatoms. The Labute approximate surface area is 181 Å². The van der Waals surface area contributed by atoms with E-state index >= 15 is 0 Å². The first-order valence-corrected chi connectivity index (χ1v) is 9.95. The highest BCUT2D eigenvalue weighted by atomic mass is 19.1. The number of halogens is 1. The molecule has 0 aliphatic carbocycles. The number of rotatable bonds is 7. The molecule has 31 heavy (non-hydrogen) atoms. The molecule has 0 unspecified atom stereocenters. The Bertz CT molecular complexity index is 1070. The van der Waals surface area contributed by atoms with Crippen LogP contribution in [0.5, 0.6) is 5.75 Å². The highest BCUT2D eigenvalue weighted by Crippen LogP contribution is 2.22. The Hall–Kier alpha value is -3.67. The molecule has 5 nitrogen and oxygen atoms in total. The zero-order valence-corrected chi connectivity index (χ0v) is 17.8. The van der Waals surface area contributed by atoms with Crippen LogP contribution in [0.2, 0.25) is 0 Å². The zero-order chi connectivity index (χ0) is 22.4. The lowest BCUT2D eigenvalue weighted by molar-refractivity contribution is -0.115. The van der Waals surface area contributed by atoms with Crippen molar-refractivity contribution >= 4 is 17.5 Å². The van der Waals surface area contributed by atoms with E-state index in [-0.39, 0.29) is 24.9 Å². The predicted octanol–water partition coefficient (Wildman–Crippen LogP) is 4.70. The van der Waals surface area contributed by atoms with Crippen molar-refractivity contribution in [1.82, 2.24) is 5.32 Å². The lowest BCUT2D eigenvalue weighted by Gasteiger charge is -2.14. The number of para-hydroxylation sites is 1. The van der Waals surface area contributed by atoms with Gasteiger partial charge in [0.2, 0.25) is 5.91 Å². The van der Waals surface area contributed by atoms with Crippen molar-refractivity contribution in [3.8, 4) is 5.75 Å². The molecule has 2 amide bonds. The van der Waals surface area contributed by atoms with Crippen LogP contribution >= 0.6 is 0 Å². The van der Waals surface area contributed by atoms with E-state index in [0.29, 0.717) is 11.3 Å². The molecule has 0 aromatic heterocycles. The van der Waals surface area contributed by atoms with Gasteiger partial charge in [-0.15, -0.1) is 0 Å². The average molecular weight is 420 g/mol. The van der Waals surface area contributed by atoms with Crippen molar-refractivity contribution in [3.63, 3.8) is 0 Å². The summed E-state index contributed by atoms with van der Waals surface area (Å²) in [6.45, 7) is 5.89. The van der Waals surface area contributed by atoms with Gasteiger partial charge >= 0.3 is 0 Å². The molecule has 160 valence electrons. The molecular formula is C25H25FN2O3. The first-order valence-electron chi connectivity index (χ1n) is 9.95. The summed E-state index contributed by atoms with van der Waals surface area (Å²) >= 11 is 0.